The van der Waals surface area contributed by atoms with E-state index in [1.807, 2.05) is 11.8 Å². The predicted molar refractivity (Wildman–Crippen MR) is 47.2 cm³/mol. The van der Waals surface area contributed by atoms with E-state index in [4.69, 9.17) is 6.42 Å². The fourth-order valence-corrected chi connectivity index (χ4v) is 2.03. The zero-order valence-corrected chi connectivity index (χ0v) is 6.91. The zero-order chi connectivity index (χ0) is 7.23. The van der Waals surface area contributed by atoms with Crippen LogP contribution in [0.3, 0.4) is 0 Å². The fraction of sp³-hybridized carbons (Fsp3) is 0.750. The Kier molecular flexibility index (Phi) is 3.71. The normalized spacial score (nSPS) is 25.7. The molecule has 0 aliphatic carbocycles. The summed E-state index contributed by atoms with van der Waals surface area (Å²) in [6.07, 6.45) is 7.79. The highest BCUT2D eigenvalue weighted by molar-refractivity contribution is 8.00. The number of piperidine rings is 1. The van der Waals surface area contributed by atoms with Crippen molar-refractivity contribution >= 4 is 11.8 Å². The smallest absolute Gasteiger partial charge is 0.0548 e. The van der Waals surface area contributed by atoms with Crippen LogP contribution in [-0.4, -0.2) is 24.1 Å². The van der Waals surface area contributed by atoms with E-state index in [1.54, 1.807) is 0 Å². The molecule has 56 valence electrons. The van der Waals surface area contributed by atoms with Gasteiger partial charge in [-0.3, -0.25) is 0 Å². The number of hydrogen-bond donors (Lipinski definition) is 1. The van der Waals surface area contributed by atoms with E-state index in [-0.39, 0.29) is 0 Å². The van der Waals surface area contributed by atoms with Crippen LogP contribution in [0.25, 0.3) is 0 Å². The Bertz CT molecular complexity index is 122. The molecule has 1 saturated heterocycles. The van der Waals surface area contributed by atoms with E-state index in [0.29, 0.717) is 0 Å². The Balaban J connectivity index is 2.09. The second-order valence-corrected chi connectivity index (χ2v) is 3.77. The first-order valence-electron chi connectivity index (χ1n) is 3.69. The Hall–Kier alpha value is -0.130. The molecular formula is C8H13NS. The van der Waals surface area contributed by atoms with E-state index < -0.39 is 0 Å². The molecule has 1 atom stereocenters. The molecule has 0 aromatic rings. The molecule has 0 aromatic heterocycles. The van der Waals surface area contributed by atoms with Gasteiger partial charge in [0.05, 0.1) is 5.75 Å². The minimum Gasteiger partial charge on any atom is -0.316 e. The molecule has 1 rings (SSSR count). The summed E-state index contributed by atoms with van der Waals surface area (Å²) < 4.78 is 0. The average Bonchev–Trinajstić information content (AvgIpc) is 2.03. The van der Waals surface area contributed by atoms with Gasteiger partial charge in [0.1, 0.15) is 0 Å². The molecule has 0 bridgehead atoms. The van der Waals surface area contributed by atoms with Crippen LogP contribution in [0.15, 0.2) is 0 Å². The third-order valence-electron chi connectivity index (χ3n) is 1.65. The largest absolute Gasteiger partial charge is 0.316 e. The van der Waals surface area contributed by atoms with Crippen molar-refractivity contribution in [1.29, 1.82) is 0 Å². The number of thioether (sulfide) groups is 1. The van der Waals surface area contributed by atoms with Crippen LogP contribution in [0, 0.1) is 12.3 Å². The first-order chi connectivity index (χ1) is 4.93. The van der Waals surface area contributed by atoms with E-state index >= 15 is 0 Å². The van der Waals surface area contributed by atoms with Crippen molar-refractivity contribution in [1.82, 2.24) is 5.32 Å². The summed E-state index contributed by atoms with van der Waals surface area (Å²) in [6.45, 7) is 2.33. The summed E-state index contributed by atoms with van der Waals surface area (Å²) in [5.74, 6) is 3.52. The Morgan fingerprint density at radius 2 is 2.60 bits per heavy atom. The maximum atomic E-state index is 5.15. The third-order valence-corrected chi connectivity index (χ3v) is 2.86. The summed E-state index contributed by atoms with van der Waals surface area (Å²) in [6, 6.07) is 0. The average molecular weight is 155 g/mol. The topological polar surface area (TPSA) is 12.0 Å². The van der Waals surface area contributed by atoms with Gasteiger partial charge in [-0.05, 0) is 19.4 Å². The lowest BCUT2D eigenvalue weighted by atomic mass is 10.2. The minimum atomic E-state index is 0.768. The van der Waals surface area contributed by atoms with Crippen LogP contribution in [-0.2, 0) is 0 Å². The number of terminal acetylenes is 1. The molecule has 1 unspecified atom stereocenters. The lowest BCUT2D eigenvalue weighted by Crippen LogP contribution is -2.31. The summed E-state index contributed by atoms with van der Waals surface area (Å²) >= 11 is 1.90. The summed E-state index contributed by atoms with van der Waals surface area (Å²) in [7, 11) is 0. The molecule has 1 aliphatic rings. The van der Waals surface area contributed by atoms with Gasteiger partial charge >= 0.3 is 0 Å². The minimum absolute atomic E-state index is 0.768. The van der Waals surface area contributed by atoms with Crippen molar-refractivity contribution < 1.29 is 0 Å². The fourth-order valence-electron chi connectivity index (χ4n) is 1.13. The summed E-state index contributed by atoms with van der Waals surface area (Å²) in [5.41, 5.74) is 0. The van der Waals surface area contributed by atoms with E-state index in [0.717, 1.165) is 17.5 Å². The quantitative estimate of drug-likeness (QED) is 0.599. The van der Waals surface area contributed by atoms with E-state index in [1.165, 1.54) is 19.4 Å². The van der Waals surface area contributed by atoms with Crippen molar-refractivity contribution in [2.24, 2.45) is 0 Å². The Morgan fingerprint density at radius 1 is 1.70 bits per heavy atom. The van der Waals surface area contributed by atoms with Gasteiger partial charge in [-0.15, -0.1) is 18.2 Å². The van der Waals surface area contributed by atoms with Crippen LogP contribution in [0.2, 0.25) is 0 Å². The SMILES string of the molecule is C#CCSC1CCCNC1. The molecule has 1 N–H and O–H groups in total. The van der Waals surface area contributed by atoms with Gasteiger partial charge in [-0.25, -0.2) is 0 Å². The molecule has 0 amide bonds. The van der Waals surface area contributed by atoms with Gasteiger partial charge < -0.3 is 5.32 Å². The first kappa shape index (κ1) is 7.97. The zero-order valence-electron chi connectivity index (χ0n) is 6.10. The van der Waals surface area contributed by atoms with Gasteiger partial charge in [-0.2, -0.15) is 0 Å². The number of rotatable bonds is 2. The van der Waals surface area contributed by atoms with E-state index in [9.17, 15) is 0 Å². The molecule has 0 spiro atoms. The van der Waals surface area contributed by atoms with Crippen LogP contribution < -0.4 is 5.32 Å². The second-order valence-electron chi connectivity index (χ2n) is 2.48. The molecule has 2 heteroatoms. The molecular weight excluding hydrogens is 142 g/mol. The lowest BCUT2D eigenvalue weighted by Gasteiger charge is -2.20. The van der Waals surface area contributed by atoms with E-state index in [2.05, 4.69) is 11.2 Å². The summed E-state index contributed by atoms with van der Waals surface area (Å²) in [5, 5.41) is 4.12. The molecule has 1 fully saturated rings. The monoisotopic (exact) mass is 155 g/mol. The third kappa shape index (κ3) is 2.64. The molecule has 1 heterocycles. The highest BCUT2D eigenvalue weighted by atomic mass is 32.2. The lowest BCUT2D eigenvalue weighted by molar-refractivity contribution is 0.532. The number of nitrogens with one attached hydrogen (secondary N) is 1. The Morgan fingerprint density at radius 3 is 3.20 bits per heavy atom. The van der Waals surface area contributed by atoms with Gasteiger partial charge in [0.15, 0.2) is 0 Å². The molecule has 10 heavy (non-hydrogen) atoms. The predicted octanol–water partition coefficient (Wildman–Crippen LogP) is 1.10. The second kappa shape index (κ2) is 4.65. The summed E-state index contributed by atoms with van der Waals surface area (Å²) in [4.78, 5) is 0. The van der Waals surface area contributed by atoms with Crippen LogP contribution in [0.4, 0.5) is 0 Å². The van der Waals surface area contributed by atoms with Crippen LogP contribution >= 0.6 is 11.8 Å². The van der Waals surface area contributed by atoms with Crippen molar-refractivity contribution in [3.63, 3.8) is 0 Å². The highest BCUT2D eigenvalue weighted by Gasteiger charge is 2.11. The molecule has 0 radical (unpaired) electrons. The van der Waals surface area contributed by atoms with Gasteiger partial charge in [0.2, 0.25) is 0 Å². The van der Waals surface area contributed by atoms with Crippen molar-refractivity contribution in [2.75, 3.05) is 18.8 Å². The van der Waals surface area contributed by atoms with Gasteiger partial charge in [-0.1, -0.05) is 5.92 Å². The maximum absolute atomic E-state index is 5.15. The highest BCUT2D eigenvalue weighted by Crippen LogP contribution is 2.17. The Labute approximate surface area is 67.0 Å². The van der Waals surface area contributed by atoms with Crippen LogP contribution in [0.5, 0.6) is 0 Å². The molecule has 0 saturated carbocycles. The standard InChI is InChI=1S/C8H13NS/c1-2-6-10-8-4-3-5-9-7-8/h1,8-9H,3-7H2. The van der Waals surface area contributed by atoms with Gasteiger partial charge in [0.25, 0.3) is 0 Å². The van der Waals surface area contributed by atoms with Crippen molar-refractivity contribution in [2.45, 2.75) is 18.1 Å². The number of hydrogen-bond acceptors (Lipinski definition) is 2. The van der Waals surface area contributed by atoms with Gasteiger partial charge in [0, 0.05) is 11.8 Å². The molecule has 1 aliphatic heterocycles. The van der Waals surface area contributed by atoms with Crippen molar-refractivity contribution in [3.8, 4) is 12.3 Å². The maximum Gasteiger partial charge on any atom is 0.0548 e. The van der Waals surface area contributed by atoms with Crippen molar-refractivity contribution in [3.05, 3.63) is 0 Å². The first-order valence-corrected chi connectivity index (χ1v) is 4.74. The van der Waals surface area contributed by atoms with Crippen LogP contribution in [0.1, 0.15) is 12.8 Å². The molecule has 1 nitrogen and oxygen atoms in total. The molecule has 0 aromatic carbocycles.